The second kappa shape index (κ2) is 6.47. The molecule has 2 rings (SSSR count). The second-order valence-electron chi connectivity index (χ2n) is 4.24. The van der Waals surface area contributed by atoms with Crippen molar-refractivity contribution < 1.29 is 13.9 Å². The molecule has 0 aromatic heterocycles. The van der Waals surface area contributed by atoms with Gasteiger partial charge in [0.05, 0.1) is 19.3 Å². The Bertz CT molecular complexity index is 364. The molecule has 4 heteroatoms. The lowest BCUT2D eigenvalue weighted by molar-refractivity contribution is -0.0448. The summed E-state index contributed by atoms with van der Waals surface area (Å²) in [6.45, 7) is 1.94. The van der Waals surface area contributed by atoms with Crippen LogP contribution in [0.15, 0.2) is 22.7 Å². The molecule has 0 aliphatic carbocycles. The highest BCUT2D eigenvalue weighted by Crippen LogP contribution is 2.19. The Kier molecular flexibility index (Phi) is 4.95. The highest BCUT2D eigenvalue weighted by atomic mass is 79.9. The van der Waals surface area contributed by atoms with Crippen molar-refractivity contribution in [2.45, 2.75) is 32.0 Å². The molecule has 1 fully saturated rings. The molecule has 17 heavy (non-hydrogen) atoms. The van der Waals surface area contributed by atoms with Crippen molar-refractivity contribution in [3.8, 4) is 0 Å². The molecule has 1 aliphatic rings. The summed E-state index contributed by atoms with van der Waals surface area (Å²) in [7, 11) is 0. The van der Waals surface area contributed by atoms with Gasteiger partial charge in [0, 0.05) is 11.1 Å². The van der Waals surface area contributed by atoms with Crippen LogP contribution < -0.4 is 0 Å². The van der Waals surface area contributed by atoms with Crippen molar-refractivity contribution in [3.05, 3.63) is 34.1 Å². The normalized spacial score (nSPS) is 20.5. The zero-order chi connectivity index (χ0) is 12.1. The van der Waals surface area contributed by atoms with Gasteiger partial charge in [0.1, 0.15) is 5.82 Å². The van der Waals surface area contributed by atoms with Crippen LogP contribution in [0.5, 0.6) is 0 Å². The number of ether oxygens (including phenoxy) is 2. The SMILES string of the molecule is Fc1ccc(COCC2CCCCO2)c(Br)c1. The van der Waals surface area contributed by atoms with E-state index in [0.717, 1.165) is 29.5 Å². The number of halogens is 2. The monoisotopic (exact) mass is 302 g/mol. The van der Waals surface area contributed by atoms with Crippen molar-refractivity contribution in [3.63, 3.8) is 0 Å². The Hall–Kier alpha value is -0.450. The van der Waals surface area contributed by atoms with Crippen LogP contribution in [0.4, 0.5) is 4.39 Å². The molecule has 0 bridgehead atoms. The summed E-state index contributed by atoms with van der Waals surface area (Å²) in [5, 5.41) is 0. The maximum Gasteiger partial charge on any atom is 0.124 e. The van der Waals surface area contributed by atoms with Crippen molar-refractivity contribution >= 4 is 15.9 Å². The first-order chi connectivity index (χ1) is 8.25. The second-order valence-corrected chi connectivity index (χ2v) is 5.09. The van der Waals surface area contributed by atoms with Crippen LogP contribution in [0.1, 0.15) is 24.8 Å². The molecule has 0 N–H and O–H groups in total. The minimum atomic E-state index is -0.240. The Morgan fingerprint density at radius 2 is 2.29 bits per heavy atom. The molecule has 1 aromatic carbocycles. The fourth-order valence-electron chi connectivity index (χ4n) is 1.88. The van der Waals surface area contributed by atoms with Crippen molar-refractivity contribution in [1.82, 2.24) is 0 Å². The van der Waals surface area contributed by atoms with Gasteiger partial charge < -0.3 is 9.47 Å². The fourth-order valence-corrected chi connectivity index (χ4v) is 2.34. The maximum atomic E-state index is 12.9. The molecule has 1 unspecified atom stereocenters. The van der Waals surface area contributed by atoms with E-state index in [-0.39, 0.29) is 11.9 Å². The third kappa shape index (κ3) is 4.05. The van der Waals surface area contributed by atoms with Crippen molar-refractivity contribution in [1.29, 1.82) is 0 Å². The Labute approximate surface area is 109 Å². The highest BCUT2D eigenvalue weighted by Gasteiger charge is 2.13. The van der Waals surface area contributed by atoms with Gasteiger partial charge in [-0.15, -0.1) is 0 Å². The fraction of sp³-hybridized carbons (Fsp3) is 0.538. The number of rotatable bonds is 4. The summed E-state index contributed by atoms with van der Waals surface area (Å²) in [6.07, 6.45) is 3.67. The molecule has 1 aromatic rings. The summed E-state index contributed by atoms with van der Waals surface area (Å²) in [4.78, 5) is 0. The zero-order valence-corrected chi connectivity index (χ0v) is 11.2. The largest absolute Gasteiger partial charge is 0.376 e. The van der Waals surface area contributed by atoms with Crippen molar-refractivity contribution in [2.24, 2.45) is 0 Å². The molecule has 0 spiro atoms. The van der Waals surface area contributed by atoms with Gasteiger partial charge in [-0.1, -0.05) is 22.0 Å². The first-order valence-corrected chi connectivity index (χ1v) is 6.68. The van der Waals surface area contributed by atoms with E-state index in [0.29, 0.717) is 13.2 Å². The van der Waals surface area contributed by atoms with Gasteiger partial charge in [-0.3, -0.25) is 0 Å². The van der Waals surface area contributed by atoms with E-state index in [1.54, 1.807) is 6.07 Å². The van der Waals surface area contributed by atoms with Crippen LogP contribution in [0.2, 0.25) is 0 Å². The van der Waals surface area contributed by atoms with E-state index < -0.39 is 0 Å². The third-order valence-corrected chi connectivity index (χ3v) is 3.59. The topological polar surface area (TPSA) is 18.5 Å². The third-order valence-electron chi connectivity index (χ3n) is 2.85. The van der Waals surface area contributed by atoms with Crippen molar-refractivity contribution in [2.75, 3.05) is 13.2 Å². The summed E-state index contributed by atoms with van der Waals surface area (Å²) in [6, 6.07) is 4.64. The van der Waals surface area contributed by atoms with Gasteiger partial charge in [0.2, 0.25) is 0 Å². The molecule has 1 heterocycles. The van der Waals surface area contributed by atoms with Gasteiger partial charge in [0.25, 0.3) is 0 Å². The lowest BCUT2D eigenvalue weighted by Crippen LogP contribution is -2.24. The maximum absolute atomic E-state index is 12.9. The lowest BCUT2D eigenvalue weighted by Gasteiger charge is -2.22. The van der Waals surface area contributed by atoms with Crippen LogP contribution in [0.3, 0.4) is 0 Å². The molecule has 2 nitrogen and oxygen atoms in total. The van der Waals surface area contributed by atoms with Crippen LogP contribution in [0.25, 0.3) is 0 Å². The van der Waals surface area contributed by atoms with Crippen LogP contribution >= 0.6 is 15.9 Å². The van der Waals surface area contributed by atoms with Gasteiger partial charge in [-0.25, -0.2) is 4.39 Å². The molecule has 94 valence electrons. The average molecular weight is 303 g/mol. The first-order valence-electron chi connectivity index (χ1n) is 5.89. The van der Waals surface area contributed by atoms with E-state index in [4.69, 9.17) is 9.47 Å². The Morgan fingerprint density at radius 1 is 1.41 bits per heavy atom. The summed E-state index contributed by atoms with van der Waals surface area (Å²) in [5.74, 6) is -0.240. The molecular formula is C13H16BrFO2. The Balaban J connectivity index is 1.77. The predicted molar refractivity (Wildman–Crippen MR) is 67.3 cm³/mol. The number of benzene rings is 1. The minimum absolute atomic E-state index is 0.225. The van der Waals surface area contributed by atoms with E-state index in [2.05, 4.69) is 15.9 Å². The molecule has 1 atom stereocenters. The molecule has 1 saturated heterocycles. The van der Waals surface area contributed by atoms with Crippen LogP contribution in [-0.4, -0.2) is 19.3 Å². The standard InChI is InChI=1S/C13H16BrFO2/c14-13-7-11(15)5-4-10(13)8-16-9-12-3-1-2-6-17-12/h4-5,7,12H,1-3,6,8-9H2. The van der Waals surface area contributed by atoms with E-state index >= 15 is 0 Å². The summed E-state index contributed by atoms with van der Waals surface area (Å²) < 4.78 is 24.8. The molecule has 0 radical (unpaired) electrons. The van der Waals surface area contributed by atoms with E-state index in [1.807, 2.05) is 0 Å². The van der Waals surface area contributed by atoms with Crippen LogP contribution in [0, 0.1) is 5.82 Å². The lowest BCUT2D eigenvalue weighted by atomic mass is 10.1. The minimum Gasteiger partial charge on any atom is -0.376 e. The number of hydrogen-bond donors (Lipinski definition) is 0. The molecule has 0 amide bonds. The van der Waals surface area contributed by atoms with Gasteiger partial charge in [0.15, 0.2) is 0 Å². The van der Waals surface area contributed by atoms with Crippen LogP contribution in [-0.2, 0) is 16.1 Å². The highest BCUT2D eigenvalue weighted by molar-refractivity contribution is 9.10. The smallest absolute Gasteiger partial charge is 0.124 e. The van der Waals surface area contributed by atoms with Gasteiger partial charge in [-0.2, -0.15) is 0 Å². The molecular weight excluding hydrogens is 287 g/mol. The summed E-state index contributed by atoms with van der Waals surface area (Å²) in [5.41, 5.74) is 0.960. The Morgan fingerprint density at radius 3 is 3.00 bits per heavy atom. The number of hydrogen-bond acceptors (Lipinski definition) is 2. The average Bonchev–Trinajstić information content (AvgIpc) is 2.33. The predicted octanol–water partition coefficient (Wildman–Crippen LogP) is 3.67. The molecule has 1 aliphatic heterocycles. The van der Waals surface area contributed by atoms with E-state index in [9.17, 15) is 4.39 Å². The zero-order valence-electron chi connectivity index (χ0n) is 9.62. The van der Waals surface area contributed by atoms with Gasteiger partial charge >= 0.3 is 0 Å². The van der Waals surface area contributed by atoms with Gasteiger partial charge in [-0.05, 0) is 37.0 Å². The van der Waals surface area contributed by atoms with E-state index in [1.165, 1.54) is 18.6 Å². The quantitative estimate of drug-likeness (QED) is 0.845. The molecule has 0 saturated carbocycles. The first kappa shape index (κ1) is 13.0. The summed E-state index contributed by atoms with van der Waals surface area (Å²) >= 11 is 3.32.